The van der Waals surface area contributed by atoms with E-state index in [2.05, 4.69) is 20.3 Å². The standard InChI is InChI=1S/C32H32FN5O8S/c1-22-4-2-7-28(30(22)38(41)42)37-47(43,44)19-18-45-16-17-46-32(40)36-29(21-23-5-3-6-26(33)20-23)31(39)35-27-10-8-24(9-11-27)25-12-14-34-15-13-25/h2-15,20,29,37H,16-19,21H2,1H3,(H,35,39)(H,36,40)/t29-/m1/s1. The number of halogens is 1. The van der Waals surface area contributed by atoms with Gasteiger partial charge in [0.15, 0.2) is 0 Å². The third kappa shape index (κ3) is 10.6. The van der Waals surface area contributed by atoms with Gasteiger partial charge in [0.1, 0.15) is 24.2 Å². The van der Waals surface area contributed by atoms with E-state index in [4.69, 9.17) is 9.47 Å². The van der Waals surface area contributed by atoms with Gasteiger partial charge in [-0.1, -0.05) is 36.4 Å². The number of hydrogen-bond donors (Lipinski definition) is 3. The molecule has 1 heterocycles. The number of hydrogen-bond acceptors (Lipinski definition) is 9. The number of carbonyl (C=O) groups excluding carboxylic acids is 2. The second-order valence-corrected chi connectivity index (χ2v) is 12.1. The third-order valence-electron chi connectivity index (χ3n) is 6.75. The first kappa shape index (κ1) is 34.5. The summed E-state index contributed by atoms with van der Waals surface area (Å²) in [5, 5.41) is 16.6. The lowest BCUT2D eigenvalue weighted by Gasteiger charge is -2.19. The number of nitrogens with one attached hydrogen (secondary N) is 3. The summed E-state index contributed by atoms with van der Waals surface area (Å²) < 4.78 is 51.2. The van der Waals surface area contributed by atoms with E-state index in [-0.39, 0.29) is 37.6 Å². The van der Waals surface area contributed by atoms with E-state index in [1.165, 1.54) is 43.3 Å². The van der Waals surface area contributed by atoms with Crippen LogP contribution < -0.4 is 15.4 Å². The molecule has 4 rings (SSSR count). The molecule has 0 bridgehead atoms. The number of aromatic nitrogens is 1. The molecule has 2 amide bonds. The van der Waals surface area contributed by atoms with Crippen molar-refractivity contribution in [3.05, 3.63) is 118 Å². The van der Waals surface area contributed by atoms with Crippen LogP contribution >= 0.6 is 0 Å². The van der Waals surface area contributed by atoms with Crippen LogP contribution in [0, 0.1) is 22.9 Å². The molecule has 3 N–H and O–H groups in total. The quantitative estimate of drug-likeness (QED) is 0.0910. The number of benzene rings is 3. The lowest BCUT2D eigenvalue weighted by Crippen LogP contribution is -2.45. The number of alkyl carbamates (subject to hydrolysis) is 1. The van der Waals surface area contributed by atoms with Crippen molar-refractivity contribution >= 4 is 39.1 Å². The van der Waals surface area contributed by atoms with Crippen molar-refractivity contribution in [3.8, 4) is 11.1 Å². The molecule has 47 heavy (non-hydrogen) atoms. The number of carbonyl (C=O) groups is 2. The Bertz CT molecular complexity index is 1810. The summed E-state index contributed by atoms with van der Waals surface area (Å²) in [7, 11) is -3.98. The number of sulfonamides is 1. The van der Waals surface area contributed by atoms with Gasteiger partial charge in [0.2, 0.25) is 15.9 Å². The van der Waals surface area contributed by atoms with E-state index < -0.39 is 44.6 Å². The number of pyridine rings is 1. The maximum atomic E-state index is 13.8. The molecule has 0 saturated carbocycles. The summed E-state index contributed by atoms with van der Waals surface area (Å²) in [5.74, 6) is -1.57. The summed E-state index contributed by atoms with van der Waals surface area (Å²) in [4.78, 5) is 40.4. The van der Waals surface area contributed by atoms with E-state index in [0.717, 1.165) is 11.1 Å². The van der Waals surface area contributed by atoms with Crippen molar-refractivity contribution in [1.82, 2.24) is 10.3 Å². The van der Waals surface area contributed by atoms with Crippen LogP contribution in [0.5, 0.6) is 0 Å². The highest BCUT2D eigenvalue weighted by molar-refractivity contribution is 7.92. The Morgan fingerprint density at radius 2 is 1.66 bits per heavy atom. The number of para-hydroxylation sites is 1. The highest BCUT2D eigenvalue weighted by Gasteiger charge is 2.23. The van der Waals surface area contributed by atoms with Gasteiger partial charge < -0.3 is 20.1 Å². The monoisotopic (exact) mass is 665 g/mol. The number of nitro groups is 1. The Balaban J connectivity index is 1.27. The molecule has 0 unspecified atom stereocenters. The van der Waals surface area contributed by atoms with Crippen LogP contribution in [0.1, 0.15) is 11.1 Å². The van der Waals surface area contributed by atoms with Crippen molar-refractivity contribution < 1.29 is 36.8 Å². The number of anilines is 2. The normalized spacial score (nSPS) is 11.7. The van der Waals surface area contributed by atoms with Crippen molar-refractivity contribution in [3.63, 3.8) is 0 Å². The minimum Gasteiger partial charge on any atom is -0.447 e. The van der Waals surface area contributed by atoms with Gasteiger partial charge in [-0.25, -0.2) is 17.6 Å². The number of rotatable bonds is 15. The van der Waals surface area contributed by atoms with Crippen LogP contribution in [-0.4, -0.2) is 61.9 Å². The van der Waals surface area contributed by atoms with Gasteiger partial charge in [0.05, 0.1) is 23.9 Å². The van der Waals surface area contributed by atoms with E-state index in [1.54, 1.807) is 30.6 Å². The van der Waals surface area contributed by atoms with Gasteiger partial charge in [0, 0.05) is 30.1 Å². The molecule has 1 atom stereocenters. The first-order chi connectivity index (χ1) is 22.5. The lowest BCUT2D eigenvalue weighted by molar-refractivity contribution is -0.384. The number of ether oxygens (including phenoxy) is 2. The predicted molar refractivity (Wildman–Crippen MR) is 173 cm³/mol. The molecule has 0 saturated heterocycles. The minimum atomic E-state index is -3.98. The molecule has 246 valence electrons. The molecule has 3 aromatic carbocycles. The van der Waals surface area contributed by atoms with E-state index in [0.29, 0.717) is 16.8 Å². The van der Waals surface area contributed by atoms with Crippen LogP contribution in [0.4, 0.5) is 26.2 Å². The maximum Gasteiger partial charge on any atom is 0.407 e. The first-order valence-corrected chi connectivity index (χ1v) is 16.0. The van der Waals surface area contributed by atoms with Gasteiger partial charge in [-0.05, 0) is 66.1 Å². The molecule has 15 heteroatoms. The summed E-state index contributed by atoms with van der Waals surface area (Å²) in [5.41, 5.74) is 2.59. The van der Waals surface area contributed by atoms with Crippen LogP contribution in [0.3, 0.4) is 0 Å². The molecule has 0 fully saturated rings. The zero-order valence-corrected chi connectivity index (χ0v) is 26.0. The summed E-state index contributed by atoms with van der Waals surface area (Å²) in [6, 6.07) is 19.5. The smallest absolute Gasteiger partial charge is 0.407 e. The summed E-state index contributed by atoms with van der Waals surface area (Å²) in [6.07, 6.45) is 2.37. The highest BCUT2D eigenvalue weighted by Crippen LogP contribution is 2.28. The first-order valence-electron chi connectivity index (χ1n) is 14.3. The van der Waals surface area contributed by atoms with Crippen LogP contribution in [0.2, 0.25) is 0 Å². The zero-order chi connectivity index (χ0) is 33.8. The zero-order valence-electron chi connectivity index (χ0n) is 25.2. The predicted octanol–water partition coefficient (Wildman–Crippen LogP) is 4.84. The Kier molecular flexibility index (Phi) is 11.9. The topological polar surface area (TPSA) is 179 Å². The van der Waals surface area contributed by atoms with Crippen LogP contribution in [-0.2, 0) is 30.7 Å². The molecular weight excluding hydrogens is 633 g/mol. The average molecular weight is 666 g/mol. The van der Waals surface area contributed by atoms with Crippen molar-refractivity contribution in [2.24, 2.45) is 0 Å². The number of amides is 2. The molecule has 4 aromatic rings. The average Bonchev–Trinajstić information content (AvgIpc) is 3.03. The Morgan fingerprint density at radius 3 is 2.36 bits per heavy atom. The van der Waals surface area contributed by atoms with E-state index >= 15 is 0 Å². The maximum absolute atomic E-state index is 13.8. The fraction of sp³-hybridized carbons (Fsp3) is 0.219. The molecule has 0 spiro atoms. The fourth-order valence-corrected chi connectivity index (χ4v) is 5.42. The van der Waals surface area contributed by atoms with Gasteiger partial charge in [-0.15, -0.1) is 0 Å². The molecule has 0 aliphatic rings. The number of aryl methyl sites for hydroxylation is 1. The van der Waals surface area contributed by atoms with Crippen LogP contribution in [0.25, 0.3) is 11.1 Å². The molecule has 13 nitrogen and oxygen atoms in total. The Labute approximate surface area is 270 Å². The highest BCUT2D eigenvalue weighted by atomic mass is 32.2. The van der Waals surface area contributed by atoms with E-state index in [1.807, 2.05) is 24.3 Å². The molecular formula is C32H32FN5O8S. The van der Waals surface area contributed by atoms with Crippen molar-refractivity contribution in [2.75, 3.05) is 35.6 Å². The summed E-state index contributed by atoms with van der Waals surface area (Å²) >= 11 is 0. The molecule has 0 radical (unpaired) electrons. The van der Waals surface area contributed by atoms with Gasteiger partial charge in [-0.3, -0.25) is 24.6 Å². The second-order valence-electron chi connectivity index (χ2n) is 10.2. The van der Waals surface area contributed by atoms with Crippen LogP contribution in [0.15, 0.2) is 91.3 Å². The fourth-order valence-electron chi connectivity index (χ4n) is 4.48. The molecule has 0 aliphatic carbocycles. The van der Waals surface area contributed by atoms with Gasteiger partial charge in [0.25, 0.3) is 5.69 Å². The Hall–Kier alpha value is -5.41. The molecule has 1 aromatic heterocycles. The number of nitro benzene ring substituents is 1. The minimum absolute atomic E-state index is 0.0335. The van der Waals surface area contributed by atoms with Gasteiger partial charge in [-0.2, -0.15) is 0 Å². The SMILES string of the molecule is Cc1cccc(NS(=O)(=O)CCOCCOC(=O)N[C@H](Cc2cccc(F)c2)C(=O)Nc2ccc(-c3ccncc3)cc2)c1[N+](=O)[O-]. The third-order valence-corrected chi connectivity index (χ3v) is 7.98. The van der Waals surface area contributed by atoms with E-state index in [9.17, 15) is 32.5 Å². The lowest BCUT2D eigenvalue weighted by atomic mass is 10.0. The van der Waals surface area contributed by atoms with Crippen molar-refractivity contribution in [1.29, 1.82) is 0 Å². The molecule has 0 aliphatic heterocycles. The largest absolute Gasteiger partial charge is 0.447 e. The van der Waals surface area contributed by atoms with Gasteiger partial charge >= 0.3 is 6.09 Å². The number of nitrogens with zero attached hydrogens (tertiary/aromatic N) is 2. The van der Waals surface area contributed by atoms with Crippen molar-refractivity contribution in [2.45, 2.75) is 19.4 Å². The summed E-state index contributed by atoms with van der Waals surface area (Å²) in [6.45, 7) is 0.768. The second kappa shape index (κ2) is 16.2. The Morgan fingerprint density at radius 1 is 0.957 bits per heavy atom.